The summed E-state index contributed by atoms with van der Waals surface area (Å²) in [7, 11) is -3.52. The molecular weight excluding hydrogens is 641 g/mol. The van der Waals surface area contributed by atoms with Crippen LogP contribution in [0.2, 0.25) is 0 Å². The van der Waals surface area contributed by atoms with Crippen LogP contribution in [0, 0.1) is 19.8 Å². The molecule has 0 spiro atoms. The molecule has 4 aromatic heterocycles. The minimum absolute atomic E-state index is 0.0265. The van der Waals surface area contributed by atoms with Crippen LogP contribution in [0.4, 0.5) is 0 Å². The van der Waals surface area contributed by atoms with Crippen molar-refractivity contribution in [3.63, 3.8) is 0 Å². The first kappa shape index (κ1) is 35.7. The highest BCUT2D eigenvalue weighted by molar-refractivity contribution is 7.99. The minimum atomic E-state index is -3.52. The van der Waals surface area contributed by atoms with E-state index in [4.69, 9.17) is 9.47 Å². The Morgan fingerprint density at radius 3 is 2.32 bits per heavy atom. The Bertz CT molecular complexity index is 1860. The van der Waals surface area contributed by atoms with E-state index in [0.29, 0.717) is 55.0 Å². The summed E-state index contributed by atoms with van der Waals surface area (Å²) in [4.78, 5) is 41.7. The second-order valence-electron chi connectivity index (χ2n) is 11.5. The first-order valence-electron chi connectivity index (χ1n) is 15.6. The molecule has 1 atom stereocenters. The van der Waals surface area contributed by atoms with Crippen LogP contribution in [0.25, 0.3) is 22.3 Å². The number of thioether (sulfide) groups is 1. The lowest BCUT2D eigenvalue weighted by atomic mass is 10.1. The number of hydrogen-bond donors (Lipinski definition) is 2. The van der Waals surface area contributed by atoms with Gasteiger partial charge in [0.05, 0.1) is 25.0 Å². The number of nitrogens with zero attached hydrogens (tertiary/aromatic N) is 6. The lowest BCUT2D eigenvalue weighted by Crippen LogP contribution is -2.19. The van der Waals surface area contributed by atoms with Crippen molar-refractivity contribution >= 4 is 49.9 Å². The molecule has 0 amide bonds. The molecule has 5 aromatic rings. The van der Waals surface area contributed by atoms with E-state index in [9.17, 15) is 13.2 Å². The molecule has 15 heteroatoms. The highest BCUT2D eigenvalue weighted by atomic mass is 32.2. The number of hydrogen-bond acceptors (Lipinski definition) is 12. The van der Waals surface area contributed by atoms with Crippen molar-refractivity contribution in [2.75, 3.05) is 18.1 Å². The number of unbranched alkanes of at least 4 members (excludes halogenated alkanes) is 2. The van der Waals surface area contributed by atoms with Crippen molar-refractivity contribution in [1.82, 2.24) is 39.9 Å². The van der Waals surface area contributed by atoms with E-state index in [-0.39, 0.29) is 22.9 Å². The van der Waals surface area contributed by atoms with Gasteiger partial charge in [-0.3, -0.25) is 4.79 Å². The van der Waals surface area contributed by atoms with Crippen LogP contribution >= 0.6 is 11.8 Å². The Kier molecular flexibility index (Phi) is 13.0. The summed E-state index contributed by atoms with van der Waals surface area (Å²) in [6, 6.07) is 6.28. The second kappa shape index (κ2) is 17.2. The van der Waals surface area contributed by atoms with Gasteiger partial charge in [-0.05, 0) is 50.7 Å². The molecule has 2 N–H and O–H groups in total. The highest BCUT2D eigenvalue weighted by Crippen LogP contribution is 2.26. The maximum Gasteiger partial charge on any atom is 0.305 e. The lowest BCUT2D eigenvalue weighted by molar-refractivity contribution is -0.144. The molecule has 0 saturated carbocycles. The topological polar surface area (TPSA) is 179 Å². The Hall–Kier alpha value is -4.11. The summed E-state index contributed by atoms with van der Waals surface area (Å²) < 4.78 is 36.0. The molecule has 252 valence electrons. The third-order valence-electron chi connectivity index (χ3n) is 7.03. The van der Waals surface area contributed by atoms with Crippen molar-refractivity contribution in [2.45, 2.75) is 82.9 Å². The smallest absolute Gasteiger partial charge is 0.305 e. The van der Waals surface area contributed by atoms with Gasteiger partial charge in [0.2, 0.25) is 0 Å². The van der Waals surface area contributed by atoms with Gasteiger partial charge in [0.1, 0.15) is 40.6 Å². The van der Waals surface area contributed by atoms with Gasteiger partial charge in [0.15, 0.2) is 26.2 Å². The minimum Gasteiger partial charge on any atom is -0.489 e. The van der Waals surface area contributed by atoms with Crippen LogP contribution in [0.15, 0.2) is 53.6 Å². The van der Waals surface area contributed by atoms with Crippen molar-refractivity contribution in [1.29, 1.82) is 0 Å². The second-order valence-corrected chi connectivity index (χ2v) is 14.5. The highest BCUT2D eigenvalue weighted by Gasteiger charge is 2.21. The number of carbonyl (C=O) groups excluding carboxylic acids is 1. The third kappa shape index (κ3) is 10.4. The summed E-state index contributed by atoms with van der Waals surface area (Å²) in [5.74, 6) is 1.83. The lowest BCUT2D eigenvalue weighted by Gasteiger charge is -2.19. The number of nitrogens with one attached hydrogen (secondary N) is 2. The summed E-state index contributed by atoms with van der Waals surface area (Å²) in [5.41, 5.74) is 4.67. The largest absolute Gasteiger partial charge is 0.489 e. The van der Waals surface area contributed by atoms with E-state index in [1.165, 1.54) is 23.8 Å². The van der Waals surface area contributed by atoms with Gasteiger partial charge < -0.3 is 19.4 Å². The third-order valence-corrected chi connectivity index (χ3v) is 9.87. The fraction of sp³-hybridized carbons (Fsp3) is 0.469. The monoisotopic (exact) mass is 682 g/mol. The number of rotatable bonds is 15. The maximum absolute atomic E-state index is 12.4. The zero-order valence-electron chi connectivity index (χ0n) is 27.4. The van der Waals surface area contributed by atoms with Crippen molar-refractivity contribution in [2.24, 2.45) is 5.92 Å². The van der Waals surface area contributed by atoms with E-state index >= 15 is 0 Å². The number of imidazole rings is 2. The van der Waals surface area contributed by atoms with E-state index in [0.717, 1.165) is 28.5 Å². The van der Waals surface area contributed by atoms with Gasteiger partial charge in [-0.15, -0.1) is 11.8 Å². The number of ether oxygens (including phenoxy) is 2. The van der Waals surface area contributed by atoms with Crippen LogP contribution in [-0.2, 0) is 19.4 Å². The van der Waals surface area contributed by atoms with Crippen molar-refractivity contribution in [3.05, 3.63) is 54.6 Å². The molecule has 0 radical (unpaired) electrons. The number of benzene rings is 1. The van der Waals surface area contributed by atoms with Gasteiger partial charge in [0, 0.05) is 12.2 Å². The first-order chi connectivity index (χ1) is 22.6. The molecule has 0 fully saturated rings. The number of carbonyl (C=O) groups is 1. The van der Waals surface area contributed by atoms with Crippen molar-refractivity contribution in [3.8, 4) is 5.75 Å². The number of aromatic nitrogens is 8. The number of sulfone groups is 1. The zero-order chi connectivity index (χ0) is 33.8. The fourth-order valence-corrected chi connectivity index (χ4v) is 7.03. The Morgan fingerprint density at radius 1 is 0.915 bits per heavy atom. The maximum atomic E-state index is 12.4. The predicted molar refractivity (Wildman–Crippen MR) is 181 cm³/mol. The summed E-state index contributed by atoms with van der Waals surface area (Å²) in [5, 5.41) is 0.886. The molecule has 13 nitrogen and oxygen atoms in total. The van der Waals surface area contributed by atoms with Gasteiger partial charge in [-0.1, -0.05) is 44.9 Å². The molecule has 0 aliphatic carbocycles. The number of aryl methyl sites for hydroxylation is 2. The Labute approximate surface area is 279 Å². The fourth-order valence-electron chi connectivity index (χ4n) is 4.52. The average molecular weight is 683 g/mol. The van der Waals surface area contributed by atoms with Crippen LogP contribution in [0.5, 0.6) is 5.75 Å². The van der Waals surface area contributed by atoms with Crippen molar-refractivity contribution < 1.29 is 22.7 Å². The molecule has 5 rings (SSSR count). The average Bonchev–Trinajstić information content (AvgIpc) is 3.73. The van der Waals surface area contributed by atoms with Crippen LogP contribution in [0.3, 0.4) is 0 Å². The molecule has 4 heterocycles. The van der Waals surface area contributed by atoms with E-state index < -0.39 is 9.84 Å². The van der Waals surface area contributed by atoms with Gasteiger partial charge in [-0.2, -0.15) is 0 Å². The number of fused-ring (bicyclic) bond motifs is 2. The standard InChI is InChI=1S/C17H20N4OS.C15H22N4O4S/c1-4-13(22-14-6-5-11(2)7-12(14)3)8-23-17-15-16(19-9-18-15)20-10-21-17;1-11(2)8-23-12(20)6-4-3-5-7-24(21,22)15-13-14(17-9-16-13)18-10-19-15/h5-7,9-10,13H,4,8H2,1-3H3,(H,18,19,20,21);9-11H,3-8H2,1-2H3,(H,16,17,18,19). The zero-order valence-corrected chi connectivity index (χ0v) is 29.0. The van der Waals surface area contributed by atoms with Crippen LogP contribution in [0.1, 0.15) is 64.0 Å². The summed E-state index contributed by atoms with van der Waals surface area (Å²) in [6.45, 7) is 10.7. The molecule has 0 saturated heterocycles. The van der Waals surface area contributed by atoms with E-state index in [1.54, 1.807) is 24.4 Å². The van der Waals surface area contributed by atoms with E-state index in [2.05, 4.69) is 78.8 Å². The number of aromatic amines is 2. The normalized spacial score (nSPS) is 12.2. The molecule has 1 aromatic carbocycles. The molecule has 0 aliphatic heterocycles. The molecule has 0 aliphatic rings. The Morgan fingerprint density at radius 2 is 1.62 bits per heavy atom. The van der Waals surface area contributed by atoms with Gasteiger partial charge in [0.25, 0.3) is 0 Å². The van der Waals surface area contributed by atoms with Crippen LogP contribution in [-0.4, -0.2) is 78.5 Å². The van der Waals surface area contributed by atoms with E-state index in [1.807, 2.05) is 13.8 Å². The van der Waals surface area contributed by atoms with Gasteiger partial charge >= 0.3 is 5.97 Å². The summed E-state index contributed by atoms with van der Waals surface area (Å²) >= 11 is 1.67. The van der Waals surface area contributed by atoms with Crippen LogP contribution < -0.4 is 4.74 Å². The molecule has 1 unspecified atom stereocenters. The summed E-state index contributed by atoms with van der Waals surface area (Å²) in [6.07, 6.45) is 8.87. The molecular formula is C32H42N8O5S2. The quantitative estimate of drug-likeness (QED) is 0.0587. The molecule has 0 bridgehead atoms. The van der Waals surface area contributed by atoms with Gasteiger partial charge in [-0.25, -0.2) is 38.3 Å². The SMILES string of the molecule is CC(C)COC(=O)CCCCCS(=O)(=O)c1ncnc2nc[nH]c12.CCC(CSc1ncnc2nc[nH]c12)Oc1ccc(C)cc1C. The first-order valence-corrected chi connectivity index (χ1v) is 18.2. The Balaban J connectivity index is 0.000000213. The molecule has 47 heavy (non-hydrogen) atoms. The number of esters is 1. The predicted octanol–water partition coefficient (Wildman–Crippen LogP) is 5.81. The number of H-pyrrole nitrogens is 2.